The highest BCUT2D eigenvalue weighted by molar-refractivity contribution is 5.10. The molecular weight excluding hydrogens is 250 g/mol. The molecule has 0 unspecified atom stereocenters. The minimum Gasteiger partial charge on any atom is -0.374 e. The molecule has 1 N–H and O–H groups in total. The summed E-state index contributed by atoms with van der Waals surface area (Å²) in [7, 11) is 0. The second-order valence-electron chi connectivity index (χ2n) is 4.88. The molecule has 114 valence electrons. The van der Waals surface area contributed by atoms with Crippen molar-refractivity contribution in [2.24, 2.45) is 0 Å². The van der Waals surface area contributed by atoms with Crippen LogP contribution in [0.1, 0.15) is 38.6 Å². The van der Waals surface area contributed by atoms with Crippen molar-refractivity contribution in [2.45, 2.75) is 40.3 Å². The SMILES string of the molecule is CCCNCc1cccc(COCCN(CC)CC)n1. The van der Waals surface area contributed by atoms with Gasteiger partial charge in [-0.05, 0) is 38.2 Å². The summed E-state index contributed by atoms with van der Waals surface area (Å²) in [5.74, 6) is 0. The number of hydrogen-bond donors (Lipinski definition) is 1. The van der Waals surface area contributed by atoms with Crippen LogP contribution in [0.2, 0.25) is 0 Å². The minimum absolute atomic E-state index is 0.600. The Morgan fingerprint density at radius 1 is 1.15 bits per heavy atom. The number of pyridine rings is 1. The molecule has 0 atom stereocenters. The smallest absolute Gasteiger partial charge is 0.0888 e. The van der Waals surface area contributed by atoms with Gasteiger partial charge in [-0.15, -0.1) is 0 Å². The Kier molecular flexibility index (Phi) is 9.20. The number of ether oxygens (including phenoxy) is 1. The van der Waals surface area contributed by atoms with E-state index in [0.29, 0.717) is 6.61 Å². The van der Waals surface area contributed by atoms with Crippen LogP contribution in [0.3, 0.4) is 0 Å². The van der Waals surface area contributed by atoms with Crippen molar-refractivity contribution in [3.05, 3.63) is 29.6 Å². The quantitative estimate of drug-likeness (QED) is 0.631. The Morgan fingerprint density at radius 3 is 2.60 bits per heavy atom. The Morgan fingerprint density at radius 2 is 1.90 bits per heavy atom. The van der Waals surface area contributed by atoms with Gasteiger partial charge in [0.25, 0.3) is 0 Å². The third-order valence-electron chi connectivity index (χ3n) is 3.29. The van der Waals surface area contributed by atoms with Gasteiger partial charge in [0.1, 0.15) is 0 Å². The zero-order valence-electron chi connectivity index (χ0n) is 13.2. The van der Waals surface area contributed by atoms with Crippen LogP contribution in [0.4, 0.5) is 0 Å². The summed E-state index contributed by atoms with van der Waals surface area (Å²) in [4.78, 5) is 6.96. The molecule has 0 aromatic carbocycles. The predicted octanol–water partition coefficient (Wildman–Crippen LogP) is 2.44. The maximum absolute atomic E-state index is 5.71. The van der Waals surface area contributed by atoms with Gasteiger partial charge >= 0.3 is 0 Å². The molecule has 0 bridgehead atoms. The van der Waals surface area contributed by atoms with E-state index in [1.807, 2.05) is 6.07 Å². The molecule has 1 rings (SSSR count). The van der Waals surface area contributed by atoms with Gasteiger partial charge < -0.3 is 15.0 Å². The zero-order valence-corrected chi connectivity index (χ0v) is 13.2. The number of hydrogen-bond acceptors (Lipinski definition) is 4. The molecule has 0 saturated heterocycles. The van der Waals surface area contributed by atoms with E-state index in [4.69, 9.17) is 4.74 Å². The normalized spacial score (nSPS) is 11.2. The Balaban J connectivity index is 2.27. The lowest BCUT2D eigenvalue weighted by molar-refractivity contribution is 0.0935. The van der Waals surface area contributed by atoms with E-state index in [-0.39, 0.29) is 0 Å². The fourth-order valence-corrected chi connectivity index (χ4v) is 2.01. The number of likely N-dealkylation sites (N-methyl/N-ethyl adjacent to an activating group) is 1. The molecule has 1 heterocycles. The van der Waals surface area contributed by atoms with Crippen LogP contribution in [0.25, 0.3) is 0 Å². The van der Waals surface area contributed by atoms with E-state index in [1.165, 1.54) is 0 Å². The van der Waals surface area contributed by atoms with Crippen molar-refractivity contribution in [1.82, 2.24) is 15.2 Å². The first-order valence-electron chi connectivity index (χ1n) is 7.75. The molecule has 20 heavy (non-hydrogen) atoms. The fraction of sp³-hybridized carbons (Fsp3) is 0.688. The van der Waals surface area contributed by atoms with Crippen molar-refractivity contribution in [3.63, 3.8) is 0 Å². The molecule has 4 heteroatoms. The van der Waals surface area contributed by atoms with E-state index < -0.39 is 0 Å². The van der Waals surface area contributed by atoms with E-state index in [0.717, 1.165) is 57.1 Å². The van der Waals surface area contributed by atoms with Crippen molar-refractivity contribution in [2.75, 3.05) is 32.8 Å². The van der Waals surface area contributed by atoms with Gasteiger partial charge in [0.05, 0.1) is 24.6 Å². The maximum Gasteiger partial charge on any atom is 0.0888 e. The second-order valence-corrected chi connectivity index (χ2v) is 4.88. The van der Waals surface area contributed by atoms with Gasteiger partial charge in [-0.3, -0.25) is 4.98 Å². The molecule has 0 fully saturated rings. The summed E-state index contributed by atoms with van der Waals surface area (Å²) in [6.07, 6.45) is 1.15. The van der Waals surface area contributed by atoms with Crippen molar-refractivity contribution in [3.8, 4) is 0 Å². The highest BCUT2D eigenvalue weighted by Gasteiger charge is 2.01. The summed E-state index contributed by atoms with van der Waals surface area (Å²) >= 11 is 0. The molecule has 1 aromatic heterocycles. The van der Waals surface area contributed by atoms with Crippen LogP contribution in [0, 0.1) is 0 Å². The predicted molar refractivity (Wildman–Crippen MR) is 83.7 cm³/mol. The highest BCUT2D eigenvalue weighted by Crippen LogP contribution is 2.01. The van der Waals surface area contributed by atoms with Crippen LogP contribution < -0.4 is 5.32 Å². The molecule has 0 spiro atoms. The standard InChI is InChI=1S/C16H29N3O/c1-4-10-17-13-15-8-7-9-16(18-15)14-20-12-11-19(5-2)6-3/h7-9,17H,4-6,10-14H2,1-3H3. The van der Waals surface area contributed by atoms with Gasteiger partial charge in [-0.25, -0.2) is 0 Å². The summed E-state index contributed by atoms with van der Waals surface area (Å²) in [6.45, 7) is 12.9. The molecule has 0 aliphatic carbocycles. The number of nitrogens with zero attached hydrogens (tertiary/aromatic N) is 2. The van der Waals surface area contributed by atoms with Crippen LogP contribution in [-0.2, 0) is 17.9 Å². The molecule has 0 aliphatic rings. The lowest BCUT2D eigenvalue weighted by Gasteiger charge is -2.17. The van der Waals surface area contributed by atoms with Gasteiger partial charge in [0, 0.05) is 13.1 Å². The van der Waals surface area contributed by atoms with E-state index >= 15 is 0 Å². The monoisotopic (exact) mass is 279 g/mol. The highest BCUT2D eigenvalue weighted by atomic mass is 16.5. The molecule has 0 aliphatic heterocycles. The molecule has 4 nitrogen and oxygen atoms in total. The molecule has 0 amide bonds. The third-order valence-corrected chi connectivity index (χ3v) is 3.29. The van der Waals surface area contributed by atoms with Gasteiger partial charge in [0.15, 0.2) is 0 Å². The largest absolute Gasteiger partial charge is 0.374 e. The Bertz CT molecular complexity index is 353. The summed E-state index contributed by atoms with van der Waals surface area (Å²) < 4.78 is 5.71. The number of aromatic nitrogens is 1. The summed E-state index contributed by atoms with van der Waals surface area (Å²) in [6, 6.07) is 6.14. The molecule has 0 saturated carbocycles. The lowest BCUT2D eigenvalue weighted by Crippen LogP contribution is -2.27. The summed E-state index contributed by atoms with van der Waals surface area (Å²) in [5, 5.41) is 3.37. The van der Waals surface area contributed by atoms with Crippen LogP contribution in [0.15, 0.2) is 18.2 Å². The average molecular weight is 279 g/mol. The lowest BCUT2D eigenvalue weighted by atomic mass is 10.3. The Hall–Kier alpha value is -0.970. The first-order valence-corrected chi connectivity index (χ1v) is 7.75. The van der Waals surface area contributed by atoms with Crippen molar-refractivity contribution >= 4 is 0 Å². The third kappa shape index (κ3) is 6.98. The van der Waals surface area contributed by atoms with Crippen molar-refractivity contribution < 1.29 is 4.74 Å². The van der Waals surface area contributed by atoms with Crippen molar-refractivity contribution in [1.29, 1.82) is 0 Å². The van der Waals surface area contributed by atoms with E-state index in [1.54, 1.807) is 0 Å². The average Bonchev–Trinajstić information content (AvgIpc) is 2.48. The first kappa shape index (κ1) is 17.1. The van der Waals surface area contributed by atoms with E-state index in [2.05, 4.69) is 48.1 Å². The molecule has 1 aromatic rings. The second kappa shape index (κ2) is 10.8. The van der Waals surface area contributed by atoms with Gasteiger partial charge in [-0.2, -0.15) is 0 Å². The molecular formula is C16H29N3O. The number of nitrogens with one attached hydrogen (secondary N) is 1. The van der Waals surface area contributed by atoms with Crippen LogP contribution in [-0.4, -0.2) is 42.7 Å². The Labute approximate surface area is 123 Å². The summed E-state index contributed by atoms with van der Waals surface area (Å²) in [5.41, 5.74) is 2.10. The first-order chi connectivity index (χ1) is 9.80. The van der Waals surface area contributed by atoms with E-state index in [9.17, 15) is 0 Å². The van der Waals surface area contributed by atoms with Crippen LogP contribution >= 0.6 is 0 Å². The fourth-order valence-electron chi connectivity index (χ4n) is 2.01. The van der Waals surface area contributed by atoms with Crippen LogP contribution in [0.5, 0.6) is 0 Å². The molecule has 0 radical (unpaired) electrons. The number of rotatable bonds is 11. The maximum atomic E-state index is 5.71. The van der Waals surface area contributed by atoms with Gasteiger partial charge in [-0.1, -0.05) is 26.8 Å². The minimum atomic E-state index is 0.600. The van der Waals surface area contributed by atoms with Gasteiger partial charge in [0.2, 0.25) is 0 Å². The topological polar surface area (TPSA) is 37.4 Å². The zero-order chi connectivity index (χ0) is 14.6.